The molecule has 0 aliphatic carbocycles. The third-order valence-electron chi connectivity index (χ3n) is 5.73. The number of amides is 2. The summed E-state index contributed by atoms with van der Waals surface area (Å²) in [6.07, 6.45) is 3.48. The van der Waals surface area contributed by atoms with E-state index in [-0.39, 0.29) is 23.3 Å². The number of imide groups is 1. The number of hydrogen-bond donors (Lipinski definition) is 1. The zero-order valence-corrected chi connectivity index (χ0v) is 19.4. The fourth-order valence-corrected chi connectivity index (χ4v) is 4.01. The van der Waals surface area contributed by atoms with E-state index in [0.29, 0.717) is 48.0 Å². The van der Waals surface area contributed by atoms with Crippen molar-refractivity contribution in [1.29, 1.82) is 0 Å². The number of nitrogens with zero attached hydrogens (tertiary/aromatic N) is 5. The van der Waals surface area contributed by atoms with Crippen molar-refractivity contribution in [1.82, 2.24) is 19.5 Å². The molecule has 0 saturated carbocycles. The first-order chi connectivity index (χ1) is 17.5. The second-order valence-electron chi connectivity index (χ2n) is 7.99. The molecule has 0 radical (unpaired) electrons. The van der Waals surface area contributed by atoms with E-state index < -0.39 is 17.8 Å². The van der Waals surface area contributed by atoms with Crippen LogP contribution in [0.15, 0.2) is 55.1 Å². The Morgan fingerprint density at radius 3 is 2.56 bits per heavy atom. The number of carbonyl (C=O) groups is 3. The van der Waals surface area contributed by atoms with Crippen LogP contribution in [0.2, 0.25) is 0 Å². The van der Waals surface area contributed by atoms with Gasteiger partial charge in [0.2, 0.25) is 0 Å². The Hall–Kier alpha value is -4.80. The van der Waals surface area contributed by atoms with Gasteiger partial charge in [0.25, 0.3) is 11.8 Å². The minimum atomic E-state index is -0.584. The zero-order chi connectivity index (χ0) is 25.2. The van der Waals surface area contributed by atoms with Crippen molar-refractivity contribution in [3.8, 4) is 5.75 Å². The van der Waals surface area contributed by atoms with Gasteiger partial charge in [-0.1, -0.05) is 0 Å². The highest BCUT2D eigenvalue weighted by Gasteiger charge is 2.37. The number of nitrogen functional groups attached to an aromatic ring is 1. The second-order valence-corrected chi connectivity index (χ2v) is 7.99. The topological polar surface area (TPSA) is 143 Å². The van der Waals surface area contributed by atoms with Gasteiger partial charge in [0.05, 0.1) is 41.9 Å². The Labute approximate surface area is 205 Å². The van der Waals surface area contributed by atoms with E-state index in [0.717, 1.165) is 4.90 Å². The summed E-state index contributed by atoms with van der Waals surface area (Å²) in [7, 11) is 0. The van der Waals surface area contributed by atoms with E-state index in [9.17, 15) is 14.4 Å². The first kappa shape index (κ1) is 23.0. The van der Waals surface area contributed by atoms with Crippen LogP contribution in [0.1, 0.15) is 44.4 Å². The minimum Gasteiger partial charge on any atom is -0.494 e. The molecule has 36 heavy (non-hydrogen) atoms. The first-order valence-electron chi connectivity index (χ1n) is 11.3. The molecule has 4 aromatic rings. The van der Waals surface area contributed by atoms with Crippen LogP contribution in [0.3, 0.4) is 0 Å². The van der Waals surface area contributed by atoms with Gasteiger partial charge in [-0.05, 0) is 55.8 Å². The summed E-state index contributed by atoms with van der Waals surface area (Å²) in [5, 5.41) is 0. The SMILES string of the molecule is CCOc1ccc(N2C(=O)c3ccc(C(=O)OCCCn4cnc5c(N)ncnc54)cc3C2=O)cc1. The maximum atomic E-state index is 13.0. The standard InChI is InChI=1S/C25H22N6O5/c1-2-35-17-7-5-16(6-8-17)31-23(32)18-9-4-15(12-19(18)24(31)33)25(34)36-11-3-10-30-14-29-20-21(26)27-13-28-22(20)30/h4-9,12-14H,2-3,10-11H2,1H3,(H2,26,27,28). The lowest BCUT2D eigenvalue weighted by Gasteiger charge is -2.14. The van der Waals surface area contributed by atoms with Crippen LogP contribution in [0.5, 0.6) is 5.75 Å². The number of hydrogen-bond acceptors (Lipinski definition) is 9. The van der Waals surface area contributed by atoms with Crippen LogP contribution >= 0.6 is 0 Å². The van der Waals surface area contributed by atoms with Gasteiger partial charge < -0.3 is 19.8 Å². The number of carbonyl (C=O) groups excluding carboxylic acids is 3. The molecule has 1 aliphatic heterocycles. The van der Waals surface area contributed by atoms with Gasteiger partial charge >= 0.3 is 5.97 Å². The Morgan fingerprint density at radius 1 is 1.00 bits per heavy atom. The molecule has 0 fully saturated rings. The van der Waals surface area contributed by atoms with Crippen molar-refractivity contribution >= 4 is 40.5 Å². The molecular formula is C25H22N6O5. The molecule has 0 spiro atoms. The third kappa shape index (κ3) is 4.11. The molecule has 11 heteroatoms. The van der Waals surface area contributed by atoms with Crippen LogP contribution in [-0.2, 0) is 11.3 Å². The Kier molecular flexibility index (Phi) is 6.03. The summed E-state index contributed by atoms with van der Waals surface area (Å²) < 4.78 is 12.6. The Balaban J connectivity index is 1.23. The van der Waals surface area contributed by atoms with Crippen molar-refractivity contribution in [3.05, 3.63) is 71.8 Å². The van der Waals surface area contributed by atoms with Crippen molar-refractivity contribution in [2.45, 2.75) is 19.9 Å². The van der Waals surface area contributed by atoms with Gasteiger partial charge in [-0.3, -0.25) is 9.59 Å². The number of rotatable bonds is 8. The average molecular weight is 486 g/mol. The number of ether oxygens (including phenoxy) is 2. The van der Waals surface area contributed by atoms with Gasteiger partial charge in [0.15, 0.2) is 11.5 Å². The average Bonchev–Trinajstić information content (AvgIpc) is 3.41. The quantitative estimate of drug-likeness (QED) is 0.226. The van der Waals surface area contributed by atoms with E-state index >= 15 is 0 Å². The summed E-state index contributed by atoms with van der Waals surface area (Å²) in [5.74, 6) is -0.588. The molecule has 0 unspecified atom stereocenters. The summed E-state index contributed by atoms with van der Waals surface area (Å²) in [6, 6.07) is 11.0. The number of nitrogens with two attached hydrogens (primary N) is 1. The van der Waals surface area contributed by atoms with Crippen LogP contribution in [0.4, 0.5) is 11.5 Å². The monoisotopic (exact) mass is 486 g/mol. The lowest BCUT2D eigenvalue weighted by Crippen LogP contribution is -2.29. The molecular weight excluding hydrogens is 464 g/mol. The van der Waals surface area contributed by atoms with E-state index in [4.69, 9.17) is 15.2 Å². The van der Waals surface area contributed by atoms with Crippen molar-refractivity contribution in [3.63, 3.8) is 0 Å². The van der Waals surface area contributed by atoms with Gasteiger partial charge in [-0.25, -0.2) is 24.6 Å². The zero-order valence-electron chi connectivity index (χ0n) is 19.4. The smallest absolute Gasteiger partial charge is 0.338 e. The van der Waals surface area contributed by atoms with E-state index in [1.807, 2.05) is 6.92 Å². The highest BCUT2D eigenvalue weighted by molar-refractivity contribution is 6.34. The largest absolute Gasteiger partial charge is 0.494 e. The van der Waals surface area contributed by atoms with Crippen LogP contribution in [0.25, 0.3) is 11.2 Å². The summed E-state index contributed by atoms with van der Waals surface area (Å²) >= 11 is 0. The maximum absolute atomic E-state index is 13.0. The molecule has 0 atom stereocenters. The fraction of sp³-hybridized carbons (Fsp3) is 0.200. The molecule has 3 heterocycles. The molecule has 0 bridgehead atoms. The number of fused-ring (bicyclic) bond motifs is 2. The minimum absolute atomic E-state index is 0.140. The summed E-state index contributed by atoms with van der Waals surface area (Å²) in [4.78, 5) is 51.9. The Bertz CT molecular complexity index is 1480. The fourth-order valence-electron chi connectivity index (χ4n) is 4.01. The molecule has 11 nitrogen and oxygen atoms in total. The van der Waals surface area contributed by atoms with Gasteiger partial charge in [-0.2, -0.15) is 0 Å². The molecule has 2 aromatic heterocycles. The third-order valence-corrected chi connectivity index (χ3v) is 5.73. The summed E-state index contributed by atoms with van der Waals surface area (Å²) in [6.45, 7) is 3.03. The number of aromatic nitrogens is 4. The molecule has 2 aromatic carbocycles. The maximum Gasteiger partial charge on any atom is 0.338 e. The van der Waals surface area contributed by atoms with Crippen molar-refractivity contribution in [2.75, 3.05) is 23.8 Å². The highest BCUT2D eigenvalue weighted by atomic mass is 16.5. The predicted molar refractivity (Wildman–Crippen MR) is 130 cm³/mol. The molecule has 2 amide bonds. The molecule has 5 rings (SSSR count). The van der Waals surface area contributed by atoms with Crippen molar-refractivity contribution < 1.29 is 23.9 Å². The first-order valence-corrected chi connectivity index (χ1v) is 11.3. The van der Waals surface area contributed by atoms with Gasteiger partial charge in [0.1, 0.15) is 17.6 Å². The normalized spacial score (nSPS) is 12.8. The molecule has 2 N–H and O–H groups in total. The Morgan fingerprint density at radius 2 is 1.78 bits per heavy atom. The number of benzene rings is 2. The number of esters is 1. The van der Waals surface area contributed by atoms with E-state index in [1.54, 1.807) is 35.2 Å². The summed E-state index contributed by atoms with van der Waals surface area (Å²) in [5.41, 5.74) is 7.93. The molecule has 0 saturated heterocycles. The van der Waals surface area contributed by atoms with Crippen LogP contribution in [-0.4, -0.2) is 50.5 Å². The molecule has 182 valence electrons. The van der Waals surface area contributed by atoms with Crippen LogP contribution < -0.4 is 15.4 Å². The predicted octanol–water partition coefficient (Wildman–Crippen LogP) is 2.85. The highest BCUT2D eigenvalue weighted by Crippen LogP contribution is 2.30. The van der Waals surface area contributed by atoms with Crippen molar-refractivity contribution in [2.24, 2.45) is 0 Å². The lowest BCUT2D eigenvalue weighted by atomic mass is 10.1. The lowest BCUT2D eigenvalue weighted by molar-refractivity contribution is 0.0496. The van der Waals surface area contributed by atoms with Crippen LogP contribution in [0, 0.1) is 0 Å². The second kappa shape index (κ2) is 9.45. The molecule has 1 aliphatic rings. The van der Waals surface area contributed by atoms with Gasteiger partial charge in [-0.15, -0.1) is 0 Å². The van der Waals surface area contributed by atoms with E-state index in [2.05, 4.69) is 15.0 Å². The number of anilines is 2. The van der Waals surface area contributed by atoms with Gasteiger partial charge in [0, 0.05) is 6.54 Å². The van der Waals surface area contributed by atoms with E-state index in [1.165, 1.54) is 24.5 Å². The number of imidazole rings is 1. The number of aryl methyl sites for hydroxylation is 1.